The topological polar surface area (TPSA) is 82.4 Å². The Bertz CT molecular complexity index is 1120. The Balaban J connectivity index is 1.94. The zero-order valence-electron chi connectivity index (χ0n) is 17.2. The number of aromatic nitrogens is 2. The van der Waals surface area contributed by atoms with Crippen molar-refractivity contribution in [1.29, 1.82) is 0 Å². The van der Waals surface area contributed by atoms with Gasteiger partial charge in [-0.1, -0.05) is 29.8 Å². The maximum atomic E-state index is 13.1. The maximum absolute atomic E-state index is 13.1. The largest absolute Gasteiger partial charge is 0.497 e. The van der Waals surface area contributed by atoms with Gasteiger partial charge in [0.15, 0.2) is 0 Å². The van der Waals surface area contributed by atoms with E-state index in [2.05, 4.69) is 9.82 Å². The zero-order chi connectivity index (χ0) is 21.2. The van der Waals surface area contributed by atoms with E-state index in [4.69, 9.17) is 9.47 Å². The number of ether oxygens (including phenoxy) is 2. The molecule has 0 radical (unpaired) electrons. The first-order valence-corrected chi connectivity index (χ1v) is 10.6. The minimum absolute atomic E-state index is 0.00411. The summed E-state index contributed by atoms with van der Waals surface area (Å²) in [7, 11) is -0.998. The Hall–Kier alpha value is -3.00. The number of methoxy groups -OCH3 is 2. The summed E-state index contributed by atoms with van der Waals surface area (Å²) in [5.41, 5.74) is 4.06. The van der Waals surface area contributed by atoms with Crippen LogP contribution in [0.15, 0.2) is 47.4 Å². The summed E-state index contributed by atoms with van der Waals surface area (Å²) >= 11 is 0. The number of nitrogens with one attached hydrogen (secondary N) is 1. The number of nitrogens with zero attached hydrogens (tertiary/aromatic N) is 2. The van der Waals surface area contributed by atoms with Gasteiger partial charge in [-0.3, -0.25) is 9.40 Å². The quantitative estimate of drug-likeness (QED) is 0.637. The Morgan fingerprint density at radius 1 is 1.00 bits per heavy atom. The van der Waals surface area contributed by atoms with Crippen molar-refractivity contribution in [1.82, 2.24) is 9.78 Å². The molecule has 29 heavy (non-hydrogen) atoms. The molecule has 0 aliphatic heterocycles. The first-order valence-electron chi connectivity index (χ1n) is 9.09. The van der Waals surface area contributed by atoms with Gasteiger partial charge in [-0.05, 0) is 38.5 Å². The maximum Gasteiger partial charge on any atom is 0.265 e. The van der Waals surface area contributed by atoms with E-state index in [0.29, 0.717) is 23.7 Å². The van der Waals surface area contributed by atoms with Crippen molar-refractivity contribution in [3.63, 3.8) is 0 Å². The Morgan fingerprint density at radius 3 is 2.31 bits per heavy atom. The zero-order valence-corrected chi connectivity index (χ0v) is 18.0. The molecule has 0 unspecified atom stereocenters. The van der Waals surface area contributed by atoms with Crippen LogP contribution in [-0.2, 0) is 16.6 Å². The molecular weight excluding hydrogens is 390 g/mol. The van der Waals surface area contributed by atoms with Crippen LogP contribution in [0.4, 0.5) is 5.69 Å². The minimum atomic E-state index is -3.91. The molecular formula is C21H25N3O4S. The summed E-state index contributed by atoms with van der Waals surface area (Å²) in [5.74, 6) is 0.662. The van der Waals surface area contributed by atoms with Gasteiger partial charge in [-0.2, -0.15) is 5.10 Å². The normalized spacial score (nSPS) is 11.3. The summed E-state index contributed by atoms with van der Waals surface area (Å²) in [5, 5.41) is 4.52. The van der Waals surface area contributed by atoms with Crippen LogP contribution in [0.2, 0.25) is 0 Å². The van der Waals surface area contributed by atoms with Gasteiger partial charge in [0, 0.05) is 6.07 Å². The summed E-state index contributed by atoms with van der Waals surface area (Å²) < 4.78 is 41.0. The van der Waals surface area contributed by atoms with Crippen LogP contribution in [0.1, 0.15) is 22.5 Å². The molecule has 1 aromatic heterocycles. The van der Waals surface area contributed by atoms with Crippen molar-refractivity contribution in [3.8, 4) is 11.5 Å². The van der Waals surface area contributed by atoms with E-state index < -0.39 is 10.0 Å². The molecule has 0 atom stereocenters. The van der Waals surface area contributed by atoms with Crippen molar-refractivity contribution in [2.75, 3.05) is 18.9 Å². The van der Waals surface area contributed by atoms with Gasteiger partial charge >= 0.3 is 0 Å². The smallest absolute Gasteiger partial charge is 0.265 e. The molecule has 3 rings (SSSR count). The van der Waals surface area contributed by atoms with E-state index in [0.717, 1.165) is 11.3 Å². The second-order valence-electron chi connectivity index (χ2n) is 6.81. The Kier molecular flexibility index (Phi) is 5.83. The van der Waals surface area contributed by atoms with Crippen molar-refractivity contribution in [3.05, 3.63) is 65.0 Å². The van der Waals surface area contributed by atoms with Gasteiger partial charge in [0.1, 0.15) is 16.4 Å². The molecule has 0 aliphatic carbocycles. The highest BCUT2D eigenvalue weighted by atomic mass is 32.2. The lowest BCUT2D eigenvalue weighted by Crippen LogP contribution is -2.15. The summed E-state index contributed by atoms with van der Waals surface area (Å²) in [4.78, 5) is 0.00411. The second-order valence-corrected chi connectivity index (χ2v) is 8.46. The lowest BCUT2D eigenvalue weighted by Gasteiger charge is -2.13. The lowest BCUT2D eigenvalue weighted by atomic mass is 10.1. The fourth-order valence-corrected chi connectivity index (χ4v) is 4.41. The third kappa shape index (κ3) is 4.37. The molecule has 0 aliphatic rings. The minimum Gasteiger partial charge on any atom is -0.497 e. The Labute approximate surface area is 171 Å². The van der Waals surface area contributed by atoms with Crippen LogP contribution in [0, 0.1) is 20.8 Å². The summed E-state index contributed by atoms with van der Waals surface area (Å²) in [6.07, 6.45) is 0. The number of aryl methyl sites for hydroxylation is 2. The summed E-state index contributed by atoms with van der Waals surface area (Å²) in [6.45, 7) is 6.21. The molecule has 0 bridgehead atoms. The molecule has 0 spiro atoms. The molecule has 3 aromatic rings. The molecule has 2 aromatic carbocycles. The van der Waals surface area contributed by atoms with Crippen LogP contribution in [0.3, 0.4) is 0 Å². The number of hydrogen-bond acceptors (Lipinski definition) is 5. The third-order valence-corrected chi connectivity index (χ3v) is 6.10. The SMILES string of the molecule is COc1ccc(OC)c(S(=O)(=O)Nc2c(C)nn(Cc3ccc(C)cc3)c2C)c1. The third-order valence-electron chi connectivity index (χ3n) is 4.73. The fraction of sp³-hybridized carbons (Fsp3) is 0.286. The first kappa shape index (κ1) is 20.7. The van der Waals surface area contributed by atoms with Crippen molar-refractivity contribution in [2.24, 2.45) is 0 Å². The molecule has 0 fully saturated rings. The molecule has 8 heteroatoms. The van der Waals surface area contributed by atoms with Crippen LogP contribution in [0.25, 0.3) is 0 Å². The van der Waals surface area contributed by atoms with Crippen LogP contribution >= 0.6 is 0 Å². The highest BCUT2D eigenvalue weighted by Gasteiger charge is 2.24. The molecule has 1 heterocycles. The number of hydrogen-bond donors (Lipinski definition) is 1. The molecule has 7 nitrogen and oxygen atoms in total. The number of anilines is 1. The van der Waals surface area contributed by atoms with Gasteiger partial charge in [-0.15, -0.1) is 0 Å². The standard InChI is InChI=1S/C21H25N3O4S/c1-14-6-8-17(9-7-14)13-24-16(3)21(15(2)22-24)23-29(25,26)20-12-18(27-4)10-11-19(20)28-5/h6-12,23H,13H2,1-5H3. The van der Waals surface area contributed by atoms with Crippen LogP contribution in [0.5, 0.6) is 11.5 Å². The molecule has 0 saturated heterocycles. The van der Waals surface area contributed by atoms with E-state index in [1.54, 1.807) is 23.7 Å². The van der Waals surface area contributed by atoms with E-state index in [1.807, 2.05) is 38.1 Å². The molecule has 154 valence electrons. The van der Waals surface area contributed by atoms with Gasteiger partial charge in [0.05, 0.1) is 37.8 Å². The Morgan fingerprint density at radius 2 is 1.69 bits per heavy atom. The second kappa shape index (κ2) is 8.16. The highest BCUT2D eigenvalue weighted by Crippen LogP contribution is 2.31. The van der Waals surface area contributed by atoms with Crippen molar-refractivity contribution >= 4 is 15.7 Å². The van der Waals surface area contributed by atoms with Gasteiger partial charge < -0.3 is 9.47 Å². The van der Waals surface area contributed by atoms with Crippen molar-refractivity contribution in [2.45, 2.75) is 32.2 Å². The molecule has 0 amide bonds. The first-order chi connectivity index (χ1) is 13.7. The van der Waals surface area contributed by atoms with E-state index in [-0.39, 0.29) is 10.6 Å². The van der Waals surface area contributed by atoms with Gasteiger partial charge in [0.25, 0.3) is 10.0 Å². The van der Waals surface area contributed by atoms with E-state index in [9.17, 15) is 8.42 Å². The predicted octanol–water partition coefficient (Wildman–Crippen LogP) is 3.67. The fourth-order valence-electron chi connectivity index (χ4n) is 3.05. The highest BCUT2D eigenvalue weighted by molar-refractivity contribution is 7.92. The predicted molar refractivity (Wildman–Crippen MR) is 112 cm³/mol. The lowest BCUT2D eigenvalue weighted by molar-refractivity contribution is 0.392. The average Bonchev–Trinajstić information content (AvgIpc) is 2.96. The number of rotatable bonds is 7. The molecule has 1 N–H and O–H groups in total. The number of sulfonamides is 1. The van der Waals surface area contributed by atoms with Crippen LogP contribution in [-0.4, -0.2) is 32.4 Å². The van der Waals surface area contributed by atoms with E-state index in [1.165, 1.54) is 25.8 Å². The monoisotopic (exact) mass is 415 g/mol. The molecule has 0 saturated carbocycles. The number of benzene rings is 2. The summed E-state index contributed by atoms with van der Waals surface area (Å²) in [6, 6.07) is 12.8. The van der Waals surface area contributed by atoms with Gasteiger partial charge in [0.2, 0.25) is 0 Å². The average molecular weight is 416 g/mol. The van der Waals surface area contributed by atoms with Crippen LogP contribution < -0.4 is 14.2 Å². The van der Waals surface area contributed by atoms with Crippen molar-refractivity contribution < 1.29 is 17.9 Å². The van der Waals surface area contributed by atoms with E-state index >= 15 is 0 Å². The van der Waals surface area contributed by atoms with Gasteiger partial charge in [-0.25, -0.2) is 8.42 Å².